The molecule has 0 aliphatic carbocycles. The molecule has 1 saturated heterocycles. The molecular formula is C16H21ClN2O. The van der Waals surface area contributed by atoms with Crippen molar-refractivity contribution < 1.29 is 5.11 Å². The van der Waals surface area contributed by atoms with Crippen LogP contribution in [0.4, 0.5) is 0 Å². The maximum absolute atomic E-state index is 9.93. The standard InChI is InChI=1S/C16H21ClN2O/c17-14-6-4-13(5-7-14)16-12-15(20)8-11-19(16)10-3-1-2-9-18/h4-7,15-16,20H,1-3,8,10-12H2. The summed E-state index contributed by atoms with van der Waals surface area (Å²) in [7, 11) is 0. The highest BCUT2D eigenvalue weighted by atomic mass is 35.5. The summed E-state index contributed by atoms with van der Waals surface area (Å²) < 4.78 is 0. The SMILES string of the molecule is N#CCCCCN1CCC(O)CC1c1ccc(Cl)cc1. The molecule has 1 aliphatic rings. The number of aliphatic hydroxyl groups is 1. The van der Waals surface area contributed by atoms with Crippen molar-refractivity contribution in [1.82, 2.24) is 4.90 Å². The van der Waals surface area contributed by atoms with E-state index in [-0.39, 0.29) is 12.1 Å². The predicted molar refractivity (Wildman–Crippen MR) is 80.5 cm³/mol. The summed E-state index contributed by atoms with van der Waals surface area (Å²) in [5.74, 6) is 0. The van der Waals surface area contributed by atoms with E-state index in [1.165, 1.54) is 5.56 Å². The molecule has 1 heterocycles. The highest BCUT2D eigenvalue weighted by Gasteiger charge is 2.28. The maximum Gasteiger partial charge on any atom is 0.0621 e. The summed E-state index contributed by atoms with van der Waals surface area (Å²) in [6.45, 7) is 1.91. The minimum atomic E-state index is -0.217. The normalized spacial score (nSPS) is 23.4. The van der Waals surface area contributed by atoms with E-state index in [2.05, 4.69) is 11.0 Å². The van der Waals surface area contributed by atoms with Gasteiger partial charge in [-0.05, 0) is 49.9 Å². The number of nitriles is 1. The molecular weight excluding hydrogens is 272 g/mol. The fourth-order valence-electron chi connectivity index (χ4n) is 2.81. The number of unbranched alkanes of at least 4 members (excludes halogenated alkanes) is 2. The molecule has 1 fully saturated rings. The van der Waals surface area contributed by atoms with E-state index in [1.54, 1.807) is 0 Å². The number of hydrogen-bond donors (Lipinski definition) is 1. The molecule has 2 unspecified atom stereocenters. The zero-order valence-corrected chi connectivity index (χ0v) is 12.4. The summed E-state index contributed by atoms with van der Waals surface area (Å²) in [5, 5.41) is 19.3. The molecule has 0 spiro atoms. The summed E-state index contributed by atoms with van der Waals surface area (Å²) >= 11 is 5.94. The minimum Gasteiger partial charge on any atom is -0.393 e. The fraction of sp³-hybridized carbons (Fsp3) is 0.562. The number of piperidine rings is 1. The molecule has 0 saturated carbocycles. The van der Waals surface area contributed by atoms with Gasteiger partial charge in [0.2, 0.25) is 0 Å². The topological polar surface area (TPSA) is 47.3 Å². The molecule has 0 bridgehead atoms. The Balaban J connectivity index is 2.00. The van der Waals surface area contributed by atoms with Crippen LogP contribution in [0, 0.1) is 11.3 Å². The molecule has 2 atom stereocenters. The third-order valence-electron chi connectivity index (χ3n) is 3.92. The number of rotatable bonds is 5. The van der Waals surface area contributed by atoms with Gasteiger partial charge in [0.1, 0.15) is 0 Å². The van der Waals surface area contributed by atoms with Crippen molar-refractivity contribution in [2.45, 2.75) is 44.2 Å². The predicted octanol–water partition coefficient (Wildman–Crippen LogP) is 3.53. The average Bonchev–Trinajstić information content (AvgIpc) is 2.46. The molecule has 1 aromatic carbocycles. The molecule has 4 heteroatoms. The van der Waals surface area contributed by atoms with Gasteiger partial charge in [-0.15, -0.1) is 0 Å². The zero-order valence-electron chi connectivity index (χ0n) is 11.6. The lowest BCUT2D eigenvalue weighted by atomic mass is 9.93. The van der Waals surface area contributed by atoms with Gasteiger partial charge >= 0.3 is 0 Å². The van der Waals surface area contributed by atoms with Gasteiger partial charge < -0.3 is 5.11 Å². The summed E-state index contributed by atoms with van der Waals surface area (Å²) in [6, 6.07) is 10.4. The summed E-state index contributed by atoms with van der Waals surface area (Å²) in [6.07, 6.45) is 4.01. The van der Waals surface area contributed by atoms with Gasteiger partial charge in [0.05, 0.1) is 12.2 Å². The number of benzene rings is 1. The number of halogens is 1. The first-order valence-electron chi connectivity index (χ1n) is 7.25. The highest BCUT2D eigenvalue weighted by molar-refractivity contribution is 6.30. The maximum atomic E-state index is 9.93. The fourth-order valence-corrected chi connectivity index (χ4v) is 2.94. The summed E-state index contributed by atoms with van der Waals surface area (Å²) in [5.41, 5.74) is 1.22. The van der Waals surface area contributed by atoms with Crippen LogP contribution in [0.2, 0.25) is 5.02 Å². The number of hydrogen-bond acceptors (Lipinski definition) is 3. The molecule has 1 N–H and O–H groups in total. The van der Waals surface area contributed by atoms with Gasteiger partial charge in [0.25, 0.3) is 0 Å². The molecule has 0 aromatic heterocycles. The van der Waals surface area contributed by atoms with Crippen molar-refractivity contribution in [1.29, 1.82) is 5.26 Å². The Kier molecular flexibility index (Phi) is 5.85. The van der Waals surface area contributed by atoms with E-state index in [0.717, 1.165) is 43.8 Å². The molecule has 2 rings (SSSR count). The van der Waals surface area contributed by atoms with E-state index in [1.807, 2.05) is 24.3 Å². The van der Waals surface area contributed by atoms with Crippen LogP contribution in [0.3, 0.4) is 0 Å². The van der Waals surface area contributed by atoms with Crippen molar-refractivity contribution in [3.63, 3.8) is 0 Å². The zero-order chi connectivity index (χ0) is 14.4. The Morgan fingerprint density at radius 1 is 1.30 bits per heavy atom. The Hall–Kier alpha value is -1.08. The smallest absolute Gasteiger partial charge is 0.0621 e. The molecule has 1 aliphatic heterocycles. The molecule has 108 valence electrons. The van der Waals surface area contributed by atoms with Gasteiger partial charge in [0, 0.05) is 24.0 Å². The Labute approximate surface area is 125 Å². The van der Waals surface area contributed by atoms with Crippen LogP contribution in [0.1, 0.15) is 43.7 Å². The highest BCUT2D eigenvalue weighted by Crippen LogP contribution is 2.31. The van der Waals surface area contributed by atoms with Crippen LogP contribution in [0.5, 0.6) is 0 Å². The van der Waals surface area contributed by atoms with E-state index in [4.69, 9.17) is 16.9 Å². The Bertz CT molecular complexity index is 455. The van der Waals surface area contributed by atoms with Gasteiger partial charge in [-0.2, -0.15) is 5.26 Å². The Morgan fingerprint density at radius 2 is 2.05 bits per heavy atom. The molecule has 0 radical (unpaired) electrons. The molecule has 20 heavy (non-hydrogen) atoms. The van der Waals surface area contributed by atoms with E-state index in [0.29, 0.717) is 6.42 Å². The van der Waals surface area contributed by atoms with E-state index < -0.39 is 0 Å². The minimum absolute atomic E-state index is 0.217. The second-order valence-electron chi connectivity index (χ2n) is 5.40. The largest absolute Gasteiger partial charge is 0.393 e. The van der Waals surface area contributed by atoms with Crippen LogP contribution in [0.25, 0.3) is 0 Å². The van der Waals surface area contributed by atoms with Crippen molar-refractivity contribution in [2.24, 2.45) is 0 Å². The number of nitrogens with zero attached hydrogens (tertiary/aromatic N) is 2. The molecule has 1 aromatic rings. The van der Waals surface area contributed by atoms with Gasteiger partial charge in [-0.25, -0.2) is 0 Å². The lowest BCUT2D eigenvalue weighted by Gasteiger charge is -2.38. The van der Waals surface area contributed by atoms with E-state index in [9.17, 15) is 5.11 Å². The second-order valence-corrected chi connectivity index (χ2v) is 5.83. The van der Waals surface area contributed by atoms with Crippen molar-refractivity contribution in [3.05, 3.63) is 34.9 Å². The molecule has 3 nitrogen and oxygen atoms in total. The van der Waals surface area contributed by atoms with Crippen LogP contribution in [0.15, 0.2) is 24.3 Å². The Morgan fingerprint density at radius 3 is 2.75 bits per heavy atom. The lowest BCUT2D eigenvalue weighted by Crippen LogP contribution is -2.39. The number of likely N-dealkylation sites (tertiary alicyclic amines) is 1. The third-order valence-corrected chi connectivity index (χ3v) is 4.18. The lowest BCUT2D eigenvalue weighted by molar-refractivity contribution is 0.0400. The van der Waals surface area contributed by atoms with Gasteiger partial charge in [-0.1, -0.05) is 23.7 Å². The second kappa shape index (κ2) is 7.64. The third kappa shape index (κ3) is 4.21. The quantitative estimate of drug-likeness (QED) is 0.845. The van der Waals surface area contributed by atoms with E-state index >= 15 is 0 Å². The van der Waals surface area contributed by atoms with Crippen molar-refractivity contribution in [2.75, 3.05) is 13.1 Å². The van der Waals surface area contributed by atoms with Gasteiger partial charge in [0.15, 0.2) is 0 Å². The van der Waals surface area contributed by atoms with Crippen LogP contribution < -0.4 is 0 Å². The van der Waals surface area contributed by atoms with Crippen LogP contribution in [-0.2, 0) is 0 Å². The first-order valence-corrected chi connectivity index (χ1v) is 7.63. The number of aliphatic hydroxyl groups excluding tert-OH is 1. The first-order chi connectivity index (χ1) is 9.70. The average molecular weight is 293 g/mol. The van der Waals surface area contributed by atoms with Crippen molar-refractivity contribution >= 4 is 11.6 Å². The first kappa shape index (κ1) is 15.3. The monoisotopic (exact) mass is 292 g/mol. The van der Waals surface area contributed by atoms with Crippen molar-refractivity contribution in [3.8, 4) is 6.07 Å². The van der Waals surface area contributed by atoms with Crippen LogP contribution >= 0.6 is 11.6 Å². The van der Waals surface area contributed by atoms with Crippen LogP contribution in [-0.4, -0.2) is 29.2 Å². The molecule has 0 amide bonds. The van der Waals surface area contributed by atoms with Gasteiger partial charge in [-0.3, -0.25) is 4.90 Å². The summed E-state index contributed by atoms with van der Waals surface area (Å²) in [4.78, 5) is 2.42.